The Morgan fingerprint density at radius 1 is 1.20 bits per heavy atom. The number of nitrogens with zero attached hydrogens (tertiary/aromatic N) is 3. The molecule has 2 aliphatic heterocycles. The number of fused-ring (bicyclic) bond motifs is 1. The first-order valence-corrected chi connectivity index (χ1v) is 12.8. The van der Waals surface area contributed by atoms with Crippen molar-refractivity contribution in [3.63, 3.8) is 0 Å². The van der Waals surface area contributed by atoms with Crippen LogP contribution < -0.4 is 5.32 Å². The molecule has 35 heavy (non-hydrogen) atoms. The fourth-order valence-corrected chi connectivity index (χ4v) is 5.61. The molecule has 0 unspecified atom stereocenters. The van der Waals surface area contributed by atoms with Crippen LogP contribution in [0.1, 0.15) is 50.6 Å². The van der Waals surface area contributed by atoms with E-state index in [4.69, 9.17) is 0 Å². The minimum absolute atomic E-state index is 0.0329. The van der Waals surface area contributed by atoms with Crippen LogP contribution >= 0.6 is 11.3 Å². The smallest absolute Gasteiger partial charge is 0.252 e. The third-order valence-electron chi connectivity index (χ3n) is 6.97. The van der Waals surface area contributed by atoms with E-state index < -0.39 is 0 Å². The van der Waals surface area contributed by atoms with Gasteiger partial charge in [0.25, 0.3) is 5.91 Å². The van der Waals surface area contributed by atoms with Crippen LogP contribution in [0.25, 0.3) is 0 Å². The Bertz CT molecular complexity index is 1240. The maximum absolute atomic E-state index is 13.1. The molecule has 3 amide bonds. The topological polar surface area (TPSA) is 82.6 Å². The van der Waals surface area contributed by atoms with E-state index in [0.717, 1.165) is 27.9 Å². The summed E-state index contributed by atoms with van der Waals surface area (Å²) < 4.78 is 0. The lowest BCUT2D eigenvalue weighted by Crippen LogP contribution is -2.43. The van der Waals surface area contributed by atoms with Crippen LogP contribution in [0.3, 0.4) is 0 Å². The van der Waals surface area contributed by atoms with Gasteiger partial charge in [-0.2, -0.15) is 11.3 Å². The first-order valence-electron chi connectivity index (χ1n) is 11.9. The van der Waals surface area contributed by atoms with Crippen molar-refractivity contribution in [2.45, 2.75) is 38.8 Å². The summed E-state index contributed by atoms with van der Waals surface area (Å²) in [5.74, 6) is 0.0358. The maximum atomic E-state index is 13.1. The number of carbonyl (C=O) groups is 3. The molecule has 7 nitrogen and oxygen atoms in total. The van der Waals surface area contributed by atoms with Crippen LogP contribution in [-0.4, -0.2) is 52.1 Å². The Morgan fingerprint density at radius 2 is 2.03 bits per heavy atom. The molecular weight excluding hydrogens is 460 g/mol. The van der Waals surface area contributed by atoms with Crippen molar-refractivity contribution in [2.75, 3.05) is 19.6 Å². The molecule has 8 heteroatoms. The zero-order valence-corrected chi connectivity index (χ0v) is 20.5. The Morgan fingerprint density at radius 3 is 2.80 bits per heavy atom. The summed E-state index contributed by atoms with van der Waals surface area (Å²) in [7, 11) is 0. The molecule has 1 atom stereocenters. The van der Waals surface area contributed by atoms with Crippen LogP contribution in [0.5, 0.6) is 0 Å². The predicted molar refractivity (Wildman–Crippen MR) is 134 cm³/mol. The van der Waals surface area contributed by atoms with Crippen LogP contribution in [-0.2, 0) is 29.1 Å². The van der Waals surface area contributed by atoms with Gasteiger partial charge in [0.1, 0.15) is 0 Å². The molecule has 2 aromatic heterocycles. The highest BCUT2D eigenvalue weighted by Crippen LogP contribution is 2.29. The third-order valence-corrected chi connectivity index (χ3v) is 7.65. The van der Waals surface area contributed by atoms with Crippen LogP contribution in [0, 0.1) is 6.92 Å². The number of aryl methyl sites for hydroxylation is 1. The zero-order chi connectivity index (χ0) is 24.4. The lowest BCUT2D eigenvalue weighted by Gasteiger charge is -2.31. The van der Waals surface area contributed by atoms with Crippen molar-refractivity contribution in [1.82, 2.24) is 20.1 Å². The molecule has 1 aromatic carbocycles. The summed E-state index contributed by atoms with van der Waals surface area (Å²) in [5.41, 5.74) is 5.89. The Hall–Kier alpha value is -3.52. The molecule has 0 spiro atoms. The van der Waals surface area contributed by atoms with E-state index >= 15 is 0 Å². The lowest BCUT2D eigenvalue weighted by atomic mass is 9.94. The maximum Gasteiger partial charge on any atom is 0.252 e. The summed E-state index contributed by atoms with van der Waals surface area (Å²) in [5, 5.41) is 6.72. The minimum Gasteiger partial charge on any atom is -0.348 e. The van der Waals surface area contributed by atoms with Crippen molar-refractivity contribution in [1.29, 1.82) is 0 Å². The molecule has 4 heterocycles. The minimum atomic E-state index is -0.0973. The highest BCUT2D eigenvalue weighted by Gasteiger charge is 2.33. The van der Waals surface area contributed by atoms with Gasteiger partial charge in [0.15, 0.2) is 0 Å². The van der Waals surface area contributed by atoms with E-state index in [1.54, 1.807) is 4.90 Å². The molecule has 1 N–H and O–H groups in total. The van der Waals surface area contributed by atoms with E-state index in [1.807, 2.05) is 65.2 Å². The second kappa shape index (κ2) is 10.00. The summed E-state index contributed by atoms with van der Waals surface area (Å²) in [6.45, 7) is 4.11. The molecule has 0 aliphatic carbocycles. The molecule has 1 saturated heterocycles. The van der Waals surface area contributed by atoms with E-state index in [2.05, 4.69) is 10.3 Å². The Kier molecular flexibility index (Phi) is 6.63. The number of pyridine rings is 1. The van der Waals surface area contributed by atoms with E-state index in [0.29, 0.717) is 44.6 Å². The van der Waals surface area contributed by atoms with E-state index in [1.165, 1.54) is 11.3 Å². The SMILES string of the molecule is Cc1ncc2c(c1CNC(=O)c1ccsc1)CCN(C(=O)CN1C[C@@H](c3ccccc3)CC1=O)C2. The fourth-order valence-electron chi connectivity index (χ4n) is 4.97. The average Bonchev–Trinajstić information content (AvgIpc) is 3.54. The number of rotatable bonds is 6. The highest BCUT2D eigenvalue weighted by molar-refractivity contribution is 7.08. The highest BCUT2D eigenvalue weighted by atomic mass is 32.1. The molecule has 3 aromatic rings. The van der Waals surface area contributed by atoms with Gasteiger partial charge in [-0.25, -0.2) is 0 Å². The van der Waals surface area contributed by atoms with E-state index in [9.17, 15) is 14.4 Å². The third kappa shape index (κ3) is 4.98. The molecule has 0 bridgehead atoms. The van der Waals surface area contributed by atoms with Crippen molar-refractivity contribution in [3.8, 4) is 0 Å². The summed E-state index contributed by atoms with van der Waals surface area (Å²) >= 11 is 1.49. The van der Waals surface area contributed by atoms with Gasteiger partial charge < -0.3 is 15.1 Å². The first-order chi connectivity index (χ1) is 17.0. The number of carbonyl (C=O) groups excluding carboxylic acids is 3. The molecule has 0 saturated carbocycles. The lowest BCUT2D eigenvalue weighted by molar-refractivity contribution is -0.139. The van der Waals surface area contributed by atoms with Crippen LogP contribution in [0.4, 0.5) is 0 Å². The molecule has 1 fully saturated rings. The molecule has 2 aliphatic rings. The standard InChI is InChI=1S/C27H28N4O3S/c1-18-24(13-29-27(34)20-8-10-35-17-20)23-7-9-30(15-22(23)12-28-18)26(33)16-31-14-21(11-25(31)32)19-5-3-2-4-6-19/h2-6,8,10,12,17,21H,7,9,11,13-16H2,1H3,(H,29,34)/t21-/m0/s1. The first kappa shape index (κ1) is 23.2. The summed E-state index contributed by atoms with van der Waals surface area (Å²) in [6, 6.07) is 11.8. The number of thiophene rings is 1. The number of hydrogen-bond donors (Lipinski definition) is 1. The fraction of sp³-hybridized carbons (Fsp3) is 0.333. The van der Waals surface area contributed by atoms with Gasteiger partial charge in [-0.1, -0.05) is 30.3 Å². The van der Waals surface area contributed by atoms with Gasteiger partial charge in [-0.15, -0.1) is 0 Å². The quantitative estimate of drug-likeness (QED) is 0.577. The van der Waals surface area contributed by atoms with Gasteiger partial charge >= 0.3 is 0 Å². The molecule has 0 radical (unpaired) electrons. The van der Waals surface area contributed by atoms with Crippen molar-refractivity contribution in [2.24, 2.45) is 0 Å². The predicted octanol–water partition coefficient (Wildman–Crippen LogP) is 3.28. The van der Waals surface area contributed by atoms with Crippen molar-refractivity contribution < 1.29 is 14.4 Å². The molecule has 180 valence electrons. The summed E-state index contributed by atoms with van der Waals surface area (Å²) in [6.07, 6.45) is 2.99. The van der Waals surface area contributed by atoms with Crippen LogP contribution in [0.15, 0.2) is 53.4 Å². The van der Waals surface area contributed by atoms with E-state index in [-0.39, 0.29) is 30.2 Å². The second-order valence-electron chi connectivity index (χ2n) is 9.17. The number of aromatic nitrogens is 1. The number of amides is 3. The van der Waals surface area contributed by atoms with Crippen LogP contribution in [0.2, 0.25) is 0 Å². The number of likely N-dealkylation sites (tertiary alicyclic amines) is 1. The molecule has 5 rings (SSSR count). The number of hydrogen-bond acceptors (Lipinski definition) is 5. The monoisotopic (exact) mass is 488 g/mol. The normalized spacial score (nSPS) is 17.4. The average molecular weight is 489 g/mol. The number of nitrogens with one attached hydrogen (secondary N) is 1. The second-order valence-corrected chi connectivity index (χ2v) is 9.95. The molecular formula is C27H28N4O3S. The van der Waals surface area contributed by atoms with Gasteiger partial charge in [0, 0.05) is 61.4 Å². The van der Waals surface area contributed by atoms with Gasteiger partial charge in [0.2, 0.25) is 11.8 Å². The van der Waals surface area contributed by atoms with Gasteiger partial charge in [-0.3, -0.25) is 19.4 Å². The Labute approximate surface area is 208 Å². The summed E-state index contributed by atoms with van der Waals surface area (Å²) in [4.78, 5) is 46.1. The van der Waals surface area contributed by atoms with Crippen molar-refractivity contribution in [3.05, 3.63) is 86.9 Å². The number of benzene rings is 1. The Balaban J connectivity index is 1.22. The zero-order valence-electron chi connectivity index (χ0n) is 19.7. The largest absolute Gasteiger partial charge is 0.348 e. The van der Waals surface area contributed by atoms with Gasteiger partial charge in [-0.05, 0) is 47.0 Å². The van der Waals surface area contributed by atoms with Crippen molar-refractivity contribution >= 4 is 29.1 Å². The van der Waals surface area contributed by atoms with Gasteiger partial charge in [0.05, 0.1) is 6.54 Å².